The molecule has 1 saturated carbocycles. The molecule has 3 aromatic heterocycles. The van der Waals surface area contributed by atoms with Crippen LogP contribution in [-0.2, 0) is 11.3 Å². The van der Waals surface area contributed by atoms with E-state index in [4.69, 9.17) is 9.47 Å². The van der Waals surface area contributed by atoms with Crippen LogP contribution in [0.5, 0.6) is 5.88 Å². The number of carbonyl (C=O) groups excluding carboxylic acids is 1. The van der Waals surface area contributed by atoms with Gasteiger partial charge in [-0.15, -0.1) is 5.10 Å². The van der Waals surface area contributed by atoms with Crippen LogP contribution in [0.15, 0.2) is 12.4 Å². The molecule has 0 unspecified atom stereocenters. The lowest BCUT2D eigenvalue weighted by molar-refractivity contribution is 0.0526. The fourth-order valence-corrected chi connectivity index (χ4v) is 3.94. The molecule has 160 valence electrons. The highest BCUT2D eigenvalue weighted by Crippen LogP contribution is 2.29. The van der Waals surface area contributed by atoms with Gasteiger partial charge in [0.05, 0.1) is 25.5 Å². The summed E-state index contributed by atoms with van der Waals surface area (Å²) in [7, 11) is 1.47. The van der Waals surface area contributed by atoms with Crippen molar-refractivity contribution in [2.24, 2.45) is 5.92 Å². The Kier molecular flexibility index (Phi) is 5.91. The molecule has 30 heavy (non-hydrogen) atoms. The molecule has 0 N–H and O–H groups in total. The van der Waals surface area contributed by atoms with Gasteiger partial charge in [0.15, 0.2) is 11.0 Å². The maximum atomic E-state index is 14.6. The van der Waals surface area contributed by atoms with E-state index in [2.05, 4.69) is 20.2 Å². The first-order valence-corrected chi connectivity index (χ1v) is 10.3. The fraction of sp³-hybridized carbons (Fsp3) is 0.550. The summed E-state index contributed by atoms with van der Waals surface area (Å²) >= 11 is 0. The maximum absolute atomic E-state index is 14.6. The van der Waals surface area contributed by atoms with Crippen LogP contribution in [0, 0.1) is 11.9 Å². The minimum absolute atomic E-state index is 0.0636. The lowest BCUT2D eigenvalue weighted by Gasteiger charge is -2.21. The van der Waals surface area contributed by atoms with Crippen molar-refractivity contribution in [1.82, 2.24) is 29.5 Å². The SMILES string of the molecule is CCOC(=O)c1cnn(-c2nc(OC)c3c(n2)c(F)nn3CCC2CCCCC2)c1. The van der Waals surface area contributed by atoms with E-state index in [0.717, 1.165) is 6.42 Å². The van der Waals surface area contributed by atoms with E-state index in [1.54, 1.807) is 11.6 Å². The summed E-state index contributed by atoms with van der Waals surface area (Å²) in [5, 5.41) is 8.13. The smallest absolute Gasteiger partial charge is 0.341 e. The molecule has 0 bridgehead atoms. The Morgan fingerprint density at radius 1 is 1.27 bits per heavy atom. The number of esters is 1. The van der Waals surface area contributed by atoms with Crippen LogP contribution >= 0.6 is 0 Å². The second-order valence-electron chi connectivity index (χ2n) is 7.43. The Balaban J connectivity index is 1.64. The van der Waals surface area contributed by atoms with Gasteiger partial charge in [-0.05, 0) is 19.3 Å². The van der Waals surface area contributed by atoms with Crippen LogP contribution in [-0.4, -0.2) is 49.2 Å². The number of carbonyl (C=O) groups is 1. The quantitative estimate of drug-likeness (QED) is 0.545. The first-order valence-electron chi connectivity index (χ1n) is 10.3. The van der Waals surface area contributed by atoms with Gasteiger partial charge in [0.1, 0.15) is 0 Å². The zero-order valence-electron chi connectivity index (χ0n) is 17.2. The second-order valence-corrected chi connectivity index (χ2v) is 7.43. The molecule has 0 radical (unpaired) electrons. The fourth-order valence-electron chi connectivity index (χ4n) is 3.94. The van der Waals surface area contributed by atoms with E-state index in [1.165, 1.54) is 56.3 Å². The summed E-state index contributed by atoms with van der Waals surface area (Å²) in [6.07, 6.45) is 9.95. The third kappa shape index (κ3) is 3.99. The van der Waals surface area contributed by atoms with Gasteiger partial charge in [-0.2, -0.15) is 14.5 Å². The van der Waals surface area contributed by atoms with Crippen LogP contribution in [0.1, 0.15) is 55.8 Å². The van der Waals surface area contributed by atoms with E-state index in [1.807, 2.05) is 0 Å². The summed E-state index contributed by atoms with van der Waals surface area (Å²) in [6, 6.07) is 0. The zero-order valence-corrected chi connectivity index (χ0v) is 17.2. The average molecular weight is 416 g/mol. The van der Waals surface area contributed by atoms with Crippen molar-refractivity contribution >= 4 is 17.0 Å². The average Bonchev–Trinajstić information content (AvgIpc) is 3.38. The summed E-state index contributed by atoms with van der Waals surface area (Å²) in [6.45, 7) is 2.56. The van der Waals surface area contributed by atoms with Crippen molar-refractivity contribution in [1.29, 1.82) is 0 Å². The largest absolute Gasteiger partial charge is 0.479 e. The number of halogens is 1. The molecule has 1 aliphatic carbocycles. The number of hydrogen-bond donors (Lipinski definition) is 0. The van der Waals surface area contributed by atoms with Gasteiger partial charge in [0, 0.05) is 12.7 Å². The van der Waals surface area contributed by atoms with Crippen molar-refractivity contribution in [3.63, 3.8) is 0 Å². The molecule has 0 atom stereocenters. The third-order valence-electron chi connectivity index (χ3n) is 5.47. The van der Waals surface area contributed by atoms with Gasteiger partial charge in [-0.25, -0.2) is 14.5 Å². The molecule has 0 spiro atoms. The normalized spacial score (nSPS) is 14.9. The van der Waals surface area contributed by atoms with Crippen LogP contribution < -0.4 is 4.74 Å². The van der Waals surface area contributed by atoms with E-state index in [-0.39, 0.29) is 29.5 Å². The molecule has 10 heteroatoms. The van der Waals surface area contributed by atoms with Crippen LogP contribution in [0.3, 0.4) is 0 Å². The van der Waals surface area contributed by atoms with Gasteiger partial charge in [-0.3, -0.25) is 4.68 Å². The van der Waals surface area contributed by atoms with Gasteiger partial charge >= 0.3 is 5.97 Å². The molecule has 1 fully saturated rings. The molecule has 3 aromatic rings. The minimum atomic E-state index is -0.687. The molecule has 0 aliphatic heterocycles. The highest BCUT2D eigenvalue weighted by Gasteiger charge is 2.22. The molecule has 0 saturated heterocycles. The lowest BCUT2D eigenvalue weighted by Crippen LogP contribution is -2.12. The van der Waals surface area contributed by atoms with Crippen molar-refractivity contribution in [3.05, 3.63) is 23.9 Å². The van der Waals surface area contributed by atoms with E-state index < -0.39 is 11.9 Å². The number of ether oxygens (including phenoxy) is 2. The second kappa shape index (κ2) is 8.76. The molecular formula is C20H25FN6O3. The molecular weight excluding hydrogens is 391 g/mol. The van der Waals surface area contributed by atoms with Crippen molar-refractivity contribution < 1.29 is 18.7 Å². The van der Waals surface area contributed by atoms with Crippen LogP contribution in [0.2, 0.25) is 0 Å². The number of hydrogen-bond acceptors (Lipinski definition) is 7. The standard InChI is InChI=1S/C20H25FN6O3/c1-3-30-19(28)14-11-22-27(12-14)20-23-15-16(18(24-20)29-2)26(25-17(15)21)10-9-13-7-5-4-6-8-13/h11-13H,3-10H2,1-2H3. The third-order valence-corrected chi connectivity index (χ3v) is 5.47. The predicted octanol–water partition coefficient (Wildman–Crippen LogP) is 3.31. The Bertz CT molecular complexity index is 1040. The van der Waals surface area contributed by atoms with Crippen molar-refractivity contribution in [3.8, 4) is 11.8 Å². The number of aromatic nitrogens is 6. The molecule has 1 aliphatic rings. The van der Waals surface area contributed by atoms with Crippen molar-refractivity contribution in [2.75, 3.05) is 13.7 Å². The first kappa shape index (κ1) is 20.2. The van der Waals surface area contributed by atoms with Gasteiger partial charge < -0.3 is 9.47 Å². The Morgan fingerprint density at radius 2 is 2.07 bits per heavy atom. The number of rotatable bonds is 7. The Hall–Kier alpha value is -3.04. The predicted molar refractivity (Wildman–Crippen MR) is 106 cm³/mol. The van der Waals surface area contributed by atoms with Crippen LogP contribution in [0.25, 0.3) is 17.0 Å². The highest BCUT2D eigenvalue weighted by molar-refractivity contribution is 5.88. The van der Waals surface area contributed by atoms with E-state index in [0.29, 0.717) is 18.0 Å². The van der Waals surface area contributed by atoms with Gasteiger partial charge in [-0.1, -0.05) is 32.1 Å². The number of nitrogens with zero attached hydrogens (tertiary/aromatic N) is 6. The lowest BCUT2D eigenvalue weighted by atomic mass is 9.87. The topological polar surface area (TPSA) is 96.9 Å². The molecule has 0 aromatic carbocycles. The molecule has 9 nitrogen and oxygen atoms in total. The highest BCUT2D eigenvalue weighted by atomic mass is 19.1. The number of aryl methyl sites for hydroxylation is 1. The minimum Gasteiger partial charge on any atom is -0.479 e. The first-order chi connectivity index (χ1) is 14.6. The van der Waals surface area contributed by atoms with Crippen LogP contribution in [0.4, 0.5) is 4.39 Å². The summed E-state index contributed by atoms with van der Waals surface area (Å²) in [4.78, 5) is 20.5. The maximum Gasteiger partial charge on any atom is 0.341 e. The molecule has 3 heterocycles. The summed E-state index contributed by atoms with van der Waals surface area (Å²) in [5.41, 5.74) is 0.740. The van der Waals surface area contributed by atoms with Crippen molar-refractivity contribution in [2.45, 2.75) is 52.0 Å². The number of fused-ring (bicyclic) bond motifs is 1. The number of methoxy groups -OCH3 is 1. The van der Waals surface area contributed by atoms with Gasteiger partial charge in [0.25, 0.3) is 11.9 Å². The summed E-state index contributed by atoms with van der Waals surface area (Å²) in [5.74, 6) is -0.256. The molecule has 0 amide bonds. The van der Waals surface area contributed by atoms with E-state index >= 15 is 0 Å². The Labute approximate surface area is 173 Å². The van der Waals surface area contributed by atoms with Gasteiger partial charge in [0.2, 0.25) is 5.88 Å². The molecule has 4 rings (SSSR count). The van der Waals surface area contributed by atoms with E-state index in [9.17, 15) is 9.18 Å². The summed E-state index contributed by atoms with van der Waals surface area (Å²) < 4.78 is 27.9. The Morgan fingerprint density at radius 3 is 2.80 bits per heavy atom. The zero-order chi connectivity index (χ0) is 21.1. The monoisotopic (exact) mass is 416 g/mol.